The van der Waals surface area contributed by atoms with Gasteiger partial charge in [-0.15, -0.1) is 0 Å². The number of benzene rings is 1. The average Bonchev–Trinajstić information content (AvgIpc) is 2.48. The fourth-order valence-corrected chi connectivity index (χ4v) is 2.80. The average molecular weight is 445 g/mol. The standard InChI is InChI=1S/C17H24IN3O3/c1-17(2,3)24-16(23)20-14-8-10-21(11-9-14)15(22)19-13-6-4-12(18)5-7-13/h4-7,14H,8-11H2,1-3H3,(H,19,22)(H,20,23). The van der Waals surface area contributed by atoms with Crippen LogP contribution in [0.4, 0.5) is 15.3 Å². The molecule has 0 unspecified atom stereocenters. The minimum atomic E-state index is -0.502. The Morgan fingerprint density at radius 2 is 1.75 bits per heavy atom. The van der Waals surface area contributed by atoms with Crippen molar-refractivity contribution in [3.8, 4) is 0 Å². The number of urea groups is 1. The third kappa shape index (κ3) is 6.18. The second-order valence-corrected chi connectivity index (χ2v) is 8.09. The van der Waals surface area contributed by atoms with E-state index in [-0.39, 0.29) is 12.1 Å². The first-order valence-electron chi connectivity index (χ1n) is 8.04. The summed E-state index contributed by atoms with van der Waals surface area (Å²) in [6.45, 7) is 6.73. The third-order valence-electron chi connectivity index (χ3n) is 3.60. The number of piperidine rings is 1. The van der Waals surface area contributed by atoms with Gasteiger partial charge in [0.15, 0.2) is 0 Å². The van der Waals surface area contributed by atoms with Gasteiger partial charge in [0.2, 0.25) is 0 Å². The maximum absolute atomic E-state index is 12.3. The van der Waals surface area contributed by atoms with Gasteiger partial charge >= 0.3 is 12.1 Å². The molecule has 2 N–H and O–H groups in total. The fraction of sp³-hybridized carbons (Fsp3) is 0.529. The molecular weight excluding hydrogens is 421 g/mol. The molecule has 0 spiro atoms. The number of ether oxygens (including phenoxy) is 1. The molecule has 7 heteroatoms. The van der Waals surface area contributed by atoms with Gasteiger partial charge in [0.05, 0.1) is 0 Å². The van der Waals surface area contributed by atoms with E-state index in [1.165, 1.54) is 0 Å². The number of amides is 3. The number of nitrogens with one attached hydrogen (secondary N) is 2. The highest BCUT2D eigenvalue weighted by atomic mass is 127. The summed E-state index contributed by atoms with van der Waals surface area (Å²) in [7, 11) is 0. The summed E-state index contributed by atoms with van der Waals surface area (Å²) in [6, 6.07) is 7.61. The van der Waals surface area contributed by atoms with E-state index in [1.807, 2.05) is 45.0 Å². The number of alkyl carbamates (subject to hydrolysis) is 1. The first-order valence-corrected chi connectivity index (χ1v) is 9.12. The van der Waals surface area contributed by atoms with Crippen molar-refractivity contribution in [1.29, 1.82) is 0 Å². The summed E-state index contributed by atoms with van der Waals surface area (Å²) in [5, 5.41) is 5.77. The molecule has 0 bridgehead atoms. The molecule has 0 saturated carbocycles. The van der Waals surface area contributed by atoms with Crippen LogP contribution in [0.3, 0.4) is 0 Å². The molecule has 1 aliphatic heterocycles. The highest BCUT2D eigenvalue weighted by molar-refractivity contribution is 14.1. The summed E-state index contributed by atoms with van der Waals surface area (Å²) in [6.07, 6.45) is 1.04. The van der Waals surface area contributed by atoms with E-state index in [2.05, 4.69) is 33.2 Å². The molecule has 1 aliphatic rings. The van der Waals surface area contributed by atoms with Crippen LogP contribution >= 0.6 is 22.6 Å². The van der Waals surface area contributed by atoms with Gasteiger partial charge in [-0.2, -0.15) is 0 Å². The van der Waals surface area contributed by atoms with Crippen LogP contribution < -0.4 is 10.6 Å². The summed E-state index contributed by atoms with van der Waals surface area (Å²) < 4.78 is 6.38. The fourth-order valence-electron chi connectivity index (χ4n) is 2.44. The Morgan fingerprint density at radius 3 is 2.29 bits per heavy atom. The maximum Gasteiger partial charge on any atom is 0.407 e. The number of anilines is 1. The van der Waals surface area contributed by atoms with E-state index in [9.17, 15) is 9.59 Å². The molecule has 0 radical (unpaired) electrons. The number of likely N-dealkylation sites (tertiary alicyclic amines) is 1. The van der Waals surface area contributed by atoms with Crippen molar-refractivity contribution in [3.05, 3.63) is 27.8 Å². The van der Waals surface area contributed by atoms with Crippen LogP contribution in [0.15, 0.2) is 24.3 Å². The van der Waals surface area contributed by atoms with Gasteiger partial charge in [0, 0.05) is 28.4 Å². The molecule has 1 aromatic rings. The summed E-state index contributed by atoms with van der Waals surface area (Å²) in [4.78, 5) is 25.8. The maximum atomic E-state index is 12.3. The normalized spacial score (nSPS) is 15.8. The molecule has 1 fully saturated rings. The zero-order chi connectivity index (χ0) is 17.7. The molecule has 2 rings (SSSR count). The van der Waals surface area contributed by atoms with Gasteiger partial charge in [-0.05, 0) is 80.5 Å². The third-order valence-corrected chi connectivity index (χ3v) is 4.32. The van der Waals surface area contributed by atoms with E-state index in [0.29, 0.717) is 13.1 Å². The van der Waals surface area contributed by atoms with E-state index in [4.69, 9.17) is 4.74 Å². The van der Waals surface area contributed by atoms with E-state index < -0.39 is 11.7 Å². The molecule has 1 saturated heterocycles. The Morgan fingerprint density at radius 1 is 1.17 bits per heavy atom. The quantitative estimate of drug-likeness (QED) is 0.681. The number of rotatable bonds is 2. The molecule has 1 heterocycles. The van der Waals surface area contributed by atoms with Crippen LogP contribution in [0.1, 0.15) is 33.6 Å². The number of halogens is 1. The van der Waals surface area contributed by atoms with E-state index >= 15 is 0 Å². The highest BCUT2D eigenvalue weighted by Crippen LogP contribution is 2.15. The minimum Gasteiger partial charge on any atom is -0.444 e. The van der Waals surface area contributed by atoms with Crippen molar-refractivity contribution in [2.45, 2.75) is 45.3 Å². The Hall–Kier alpha value is -1.51. The molecule has 0 aromatic heterocycles. The van der Waals surface area contributed by atoms with Gasteiger partial charge in [-0.3, -0.25) is 0 Å². The smallest absolute Gasteiger partial charge is 0.407 e. The summed E-state index contributed by atoms with van der Waals surface area (Å²) >= 11 is 2.23. The Bertz CT molecular complexity index is 576. The number of nitrogens with zero attached hydrogens (tertiary/aromatic N) is 1. The lowest BCUT2D eigenvalue weighted by atomic mass is 10.1. The first kappa shape index (κ1) is 18.8. The van der Waals surface area contributed by atoms with Crippen molar-refractivity contribution < 1.29 is 14.3 Å². The molecule has 0 aliphatic carbocycles. The van der Waals surface area contributed by atoms with E-state index in [0.717, 1.165) is 22.1 Å². The lowest BCUT2D eigenvalue weighted by Crippen LogP contribution is -2.48. The van der Waals surface area contributed by atoms with Gasteiger partial charge in [-0.1, -0.05) is 0 Å². The highest BCUT2D eigenvalue weighted by Gasteiger charge is 2.25. The molecule has 6 nitrogen and oxygen atoms in total. The zero-order valence-corrected chi connectivity index (χ0v) is 16.4. The van der Waals surface area contributed by atoms with Crippen LogP contribution in [0.2, 0.25) is 0 Å². The Kier molecular flexibility index (Phi) is 6.31. The lowest BCUT2D eigenvalue weighted by Gasteiger charge is -2.32. The van der Waals surface area contributed by atoms with E-state index in [1.54, 1.807) is 4.90 Å². The van der Waals surface area contributed by atoms with Gasteiger partial charge < -0.3 is 20.3 Å². The predicted octanol–water partition coefficient (Wildman–Crippen LogP) is 3.81. The largest absolute Gasteiger partial charge is 0.444 e. The monoisotopic (exact) mass is 445 g/mol. The van der Waals surface area contributed by atoms with Crippen molar-refractivity contribution in [2.24, 2.45) is 0 Å². The predicted molar refractivity (Wildman–Crippen MR) is 102 cm³/mol. The minimum absolute atomic E-state index is 0.0437. The number of hydrogen-bond donors (Lipinski definition) is 2. The summed E-state index contributed by atoms with van der Waals surface area (Å²) in [5.74, 6) is 0. The summed E-state index contributed by atoms with van der Waals surface area (Å²) in [5.41, 5.74) is 0.285. The Labute approximate surface area is 156 Å². The molecule has 1 aromatic carbocycles. The molecule has 132 valence electrons. The van der Waals surface area contributed by atoms with Crippen molar-refractivity contribution in [3.63, 3.8) is 0 Å². The topological polar surface area (TPSA) is 70.7 Å². The number of carbonyl (C=O) groups excluding carboxylic acids is 2. The molecular formula is C17H24IN3O3. The van der Waals surface area contributed by atoms with Crippen molar-refractivity contribution in [2.75, 3.05) is 18.4 Å². The van der Waals surface area contributed by atoms with Crippen LogP contribution in [0.25, 0.3) is 0 Å². The number of hydrogen-bond acceptors (Lipinski definition) is 3. The van der Waals surface area contributed by atoms with Gasteiger partial charge in [-0.25, -0.2) is 9.59 Å². The Balaban J connectivity index is 1.76. The molecule has 0 atom stereocenters. The van der Waals surface area contributed by atoms with Gasteiger partial charge in [0.1, 0.15) is 5.60 Å². The van der Waals surface area contributed by atoms with Crippen LogP contribution in [-0.4, -0.2) is 41.8 Å². The van der Waals surface area contributed by atoms with Crippen molar-refractivity contribution >= 4 is 40.4 Å². The van der Waals surface area contributed by atoms with Crippen LogP contribution in [0, 0.1) is 3.57 Å². The van der Waals surface area contributed by atoms with Crippen LogP contribution in [-0.2, 0) is 4.74 Å². The zero-order valence-electron chi connectivity index (χ0n) is 14.3. The number of carbonyl (C=O) groups is 2. The van der Waals surface area contributed by atoms with Crippen LogP contribution in [0.5, 0.6) is 0 Å². The first-order chi connectivity index (χ1) is 11.2. The molecule has 24 heavy (non-hydrogen) atoms. The second kappa shape index (κ2) is 8.04. The van der Waals surface area contributed by atoms with Crippen molar-refractivity contribution in [1.82, 2.24) is 10.2 Å². The van der Waals surface area contributed by atoms with Gasteiger partial charge in [0.25, 0.3) is 0 Å². The molecule has 3 amide bonds. The SMILES string of the molecule is CC(C)(C)OC(=O)NC1CCN(C(=O)Nc2ccc(I)cc2)CC1. The second-order valence-electron chi connectivity index (χ2n) is 6.84. The lowest BCUT2D eigenvalue weighted by molar-refractivity contribution is 0.0486.